The first-order valence-corrected chi connectivity index (χ1v) is 13.9. The molecule has 0 aliphatic heterocycles. The molecule has 3 aromatic carbocycles. The van der Waals surface area contributed by atoms with E-state index in [2.05, 4.69) is 133 Å². The maximum Gasteiger partial charge on any atom is 0.0293 e. The molecule has 0 saturated heterocycles. The Hall–Kier alpha value is -0.420. The van der Waals surface area contributed by atoms with E-state index in [9.17, 15) is 0 Å². The summed E-state index contributed by atoms with van der Waals surface area (Å²) < 4.78 is 4.67. The van der Waals surface area contributed by atoms with Crippen molar-refractivity contribution in [2.24, 2.45) is 0 Å². The summed E-state index contributed by atoms with van der Waals surface area (Å²) in [6.07, 6.45) is 0. The van der Waals surface area contributed by atoms with E-state index >= 15 is 0 Å². The van der Waals surface area contributed by atoms with E-state index in [1.807, 2.05) is 0 Å². The predicted molar refractivity (Wildman–Crippen MR) is 155 cm³/mol. The molecule has 3 aromatic rings. The van der Waals surface area contributed by atoms with Crippen LogP contribution in [0.5, 0.6) is 0 Å². The van der Waals surface area contributed by atoms with E-state index < -0.39 is 0 Å². The summed E-state index contributed by atoms with van der Waals surface area (Å²) in [4.78, 5) is 0. The molecule has 0 N–H and O–H groups in total. The maximum absolute atomic E-state index is 4.03. The lowest BCUT2D eigenvalue weighted by Gasteiger charge is -2.26. The molecule has 0 atom stereocenters. The molecule has 0 unspecified atom stereocenters. The predicted octanol–water partition coefficient (Wildman–Crippen LogP) is 11.2. The highest BCUT2D eigenvalue weighted by Gasteiger charge is 2.26. The smallest absolute Gasteiger partial charge is 0.0293 e. The van der Waals surface area contributed by atoms with E-state index in [1.54, 1.807) is 0 Å². The molecular formula is C28H30Br4. The van der Waals surface area contributed by atoms with Gasteiger partial charge in [-0.1, -0.05) is 0 Å². The van der Waals surface area contributed by atoms with Gasteiger partial charge in [0, 0.05) is 40.1 Å². The minimum Gasteiger partial charge on any atom is -0.0498 e. The number of benzene rings is 3. The fourth-order valence-electron chi connectivity index (χ4n) is 4.65. The molecule has 4 heteroatoms. The Morgan fingerprint density at radius 3 is 0.719 bits per heavy atom. The first-order chi connectivity index (χ1) is 14.7. The van der Waals surface area contributed by atoms with Gasteiger partial charge >= 0.3 is 0 Å². The van der Waals surface area contributed by atoms with Crippen LogP contribution in [0.25, 0.3) is 22.3 Å². The first-order valence-electron chi connectivity index (χ1n) is 10.8. The molecule has 0 aromatic heterocycles. The molecule has 0 saturated carbocycles. The summed E-state index contributed by atoms with van der Waals surface area (Å²) in [5, 5.41) is 0. The molecule has 0 aliphatic rings. The minimum atomic E-state index is 1.15. The van der Waals surface area contributed by atoms with Gasteiger partial charge in [-0.05, 0) is 189 Å². The van der Waals surface area contributed by atoms with Gasteiger partial charge < -0.3 is 0 Å². The third-order valence-corrected chi connectivity index (χ3v) is 11.5. The van der Waals surface area contributed by atoms with Crippen LogP contribution in [0.2, 0.25) is 0 Å². The van der Waals surface area contributed by atoms with Crippen LogP contribution in [0.4, 0.5) is 0 Å². The van der Waals surface area contributed by atoms with Gasteiger partial charge in [0.1, 0.15) is 0 Å². The molecule has 0 nitrogen and oxygen atoms in total. The first kappa shape index (κ1) is 26.2. The lowest BCUT2D eigenvalue weighted by atomic mass is 9.84. The van der Waals surface area contributed by atoms with Crippen molar-refractivity contribution < 1.29 is 0 Å². The van der Waals surface area contributed by atoms with Crippen LogP contribution in [-0.2, 0) is 0 Å². The molecule has 0 radical (unpaired) electrons. The third-order valence-electron chi connectivity index (χ3n) is 7.57. The van der Waals surface area contributed by atoms with Gasteiger partial charge in [-0.15, -0.1) is 0 Å². The van der Waals surface area contributed by atoms with E-state index in [0.717, 1.165) is 8.95 Å². The van der Waals surface area contributed by atoms with Crippen molar-refractivity contribution in [1.29, 1.82) is 0 Å². The fourth-order valence-corrected chi connectivity index (χ4v) is 7.62. The van der Waals surface area contributed by atoms with Crippen LogP contribution in [0, 0.1) is 69.2 Å². The molecule has 0 heterocycles. The van der Waals surface area contributed by atoms with Gasteiger partial charge in [-0.3, -0.25) is 0 Å². The molecular weight excluding hydrogens is 656 g/mol. The highest BCUT2D eigenvalue weighted by atomic mass is 79.9. The average Bonchev–Trinajstić information content (AvgIpc) is 2.76. The summed E-state index contributed by atoms with van der Waals surface area (Å²) in [6.45, 7) is 22.2. The van der Waals surface area contributed by atoms with Crippen LogP contribution in [0.3, 0.4) is 0 Å². The van der Waals surface area contributed by atoms with E-state index in [0.29, 0.717) is 0 Å². The van der Waals surface area contributed by atoms with E-state index in [4.69, 9.17) is 0 Å². The molecule has 32 heavy (non-hydrogen) atoms. The SMILES string of the molecule is Cc1c(C)c(C)c(-c2c(C)c(Br)c(-c3c(C)c(C)c(C)c(C)c3Br)c(C)c2Br)c(Br)c1C. The van der Waals surface area contributed by atoms with Crippen molar-refractivity contribution in [2.45, 2.75) is 69.2 Å². The Morgan fingerprint density at radius 1 is 0.250 bits per heavy atom. The summed E-state index contributed by atoms with van der Waals surface area (Å²) >= 11 is 15.9. The van der Waals surface area contributed by atoms with Gasteiger partial charge in [0.15, 0.2) is 0 Å². The minimum absolute atomic E-state index is 1.15. The van der Waals surface area contributed by atoms with Crippen molar-refractivity contribution in [1.82, 2.24) is 0 Å². The normalized spacial score (nSPS) is 11.4. The lowest BCUT2D eigenvalue weighted by Crippen LogP contribution is -2.04. The quantitative estimate of drug-likeness (QED) is 0.252. The molecule has 3 rings (SSSR count). The van der Waals surface area contributed by atoms with Gasteiger partial charge in [0.25, 0.3) is 0 Å². The maximum atomic E-state index is 4.03. The van der Waals surface area contributed by atoms with Crippen LogP contribution >= 0.6 is 63.7 Å². The molecule has 170 valence electrons. The number of hydrogen-bond acceptors (Lipinski definition) is 0. The summed E-state index contributed by atoms with van der Waals surface area (Å²) in [7, 11) is 0. The highest BCUT2D eigenvalue weighted by molar-refractivity contribution is 9.11. The van der Waals surface area contributed by atoms with Crippen molar-refractivity contribution >= 4 is 63.7 Å². The number of halogens is 4. The molecule has 0 bridgehead atoms. The second-order valence-electron chi connectivity index (χ2n) is 9.01. The van der Waals surface area contributed by atoms with Gasteiger partial charge in [0.2, 0.25) is 0 Å². The Balaban J connectivity index is 2.50. The van der Waals surface area contributed by atoms with Crippen LogP contribution < -0.4 is 0 Å². The van der Waals surface area contributed by atoms with Crippen LogP contribution in [0.15, 0.2) is 17.9 Å². The molecule has 0 amide bonds. The third kappa shape index (κ3) is 3.82. The average molecular weight is 686 g/mol. The Kier molecular flexibility index (Phi) is 7.63. The second-order valence-corrected chi connectivity index (χ2v) is 12.2. The van der Waals surface area contributed by atoms with Gasteiger partial charge in [0.05, 0.1) is 0 Å². The van der Waals surface area contributed by atoms with Crippen LogP contribution in [0.1, 0.15) is 55.6 Å². The zero-order valence-corrected chi connectivity index (χ0v) is 26.9. The van der Waals surface area contributed by atoms with Crippen molar-refractivity contribution in [2.75, 3.05) is 0 Å². The fraction of sp³-hybridized carbons (Fsp3) is 0.357. The lowest BCUT2D eigenvalue weighted by molar-refractivity contribution is 1.19. The Bertz CT molecular complexity index is 1110. The second kappa shape index (κ2) is 9.32. The zero-order chi connectivity index (χ0) is 24.4. The van der Waals surface area contributed by atoms with E-state index in [-0.39, 0.29) is 0 Å². The number of rotatable bonds is 2. The monoisotopic (exact) mass is 682 g/mol. The molecule has 0 fully saturated rings. The Labute approximate surface area is 227 Å². The standard InChI is InChI=1S/C28H30Br4/c1-11-13(3)17(7)25(29)21(15(11)5)23-19(9)28(32)24(20(10)27(23)31)22-16(6)12(2)14(4)18(8)26(22)30/h1-10H3. The topological polar surface area (TPSA) is 0 Å². The van der Waals surface area contributed by atoms with Crippen molar-refractivity contribution in [3.8, 4) is 22.3 Å². The largest absolute Gasteiger partial charge is 0.0498 e. The highest BCUT2D eigenvalue weighted by Crippen LogP contribution is 2.51. The van der Waals surface area contributed by atoms with Crippen LogP contribution in [-0.4, -0.2) is 0 Å². The Morgan fingerprint density at radius 2 is 0.438 bits per heavy atom. The van der Waals surface area contributed by atoms with E-state index in [1.165, 1.54) is 86.8 Å². The summed E-state index contributed by atoms with van der Waals surface area (Å²) in [6, 6.07) is 0. The number of hydrogen-bond donors (Lipinski definition) is 0. The van der Waals surface area contributed by atoms with Gasteiger partial charge in [-0.25, -0.2) is 0 Å². The van der Waals surface area contributed by atoms with Crippen molar-refractivity contribution in [3.63, 3.8) is 0 Å². The summed E-state index contributed by atoms with van der Waals surface area (Å²) in [5.41, 5.74) is 18.2. The van der Waals surface area contributed by atoms with Crippen molar-refractivity contribution in [3.05, 3.63) is 73.5 Å². The van der Waals surface area contributed by atoms with Gasteiger partial charge in [-0.2, -0.15) is 0 Å². The summed E-state index contributed by atoms with van der Waals surface area (Å²) in [5.74, 6) is 0. The molecule has 0 spiro atoms. The molecule has 0 aliphatic carbocycles. The zero-order valence-electron chi connectivity index (χ0n) is 20.5.